The second kappa shape index (κ2) is 6.83. The van der Waals surface area contributed by atoms with Crippen LogP contribution in [0.3, 0.4) is 0 Å². The lowest BCUT2D eigenvalue weighted by molar-refractivity contribution is -0.118. The molecule has 6 heteroatoms. The van der Waals surface area contributed by atoms with E-state index in [1.807, 2.05) is 7.05 Å². The lowest BCUT2D eigenvalue weighted by Gasteiger charge is -2.36. The molecule has 1 fully saturated rings. The first-order chi connectivity index (χ1) is 9.96. The van der Waals surface area contributed by atoms with Gasteiger partial charge in [-0.25, -0.2) is 8.78 Å². The minimum atomic E-state index is -0.780. The second-order valence-corrected chi connectivity index (χ2v) is 6.41. The summed E-state index contributed by atoms with van der Waals surface area (Å²) in [4.78, 5) is 12.2. The van der Waals surface area contributed by atoms with Crippen LogP contribution < -0.4 is 10.6 Å². The number of nitrogens with one attached hydrogen (secondary N) is 2. The quantitative estimate of drug-likeness (QED) is 0.852. The number of hydrogen-bond donors (Lipinski definition) is 2. The van der Waals surface area contributed by atoms with Crippen LogP contribution in [0.2, 0.25) is 0 Å². The highest BCUT2D eigenvalue weighted by Gasteiger charge is 2.32. The maximum absolute atomic E-state index is 13.7. The standard InChI is InChI=1S/C15H19BrF2N2O/c1-19-15(5-3-2-4-6-15)9-13(21)20-14-11(16)7-10(17)8-12(14)18/h7-8,19H,2-6,9H2,1H3,(H,20,21). The summed E-state index contributed by atoms with van der Waals surface area (Å²) in [6.45, 7) is 0. The third kappa shape index (κ3) is 4.01. The summed E-state index contributed by atoms with van der Waals surface area (Å²) in [5, 5.41) is 5.79. The number of benzene rings is 1. The number of halogens is 3. The molecule has 1 aliphatic carbocycles. The number of amides is 1. The second-order valence-electron chi connectivity index (χ2n) is 5.56. The topological polar surface area (TPSA) is 41.1 Å². The zero-order valence-corrected chi connectivity index (χ0v) is 13.5. The fourth-order valence-corrected chi connectivity index (χ4v) is 3.40. The molecule has 2 rings (SSSR count). The smallest absolute Gasteiger partial charge is 0.226 e. The van der Waals surface area contributed by atoms with Crippen LogP contribution >= 0.6 is 15.9 Å². The van der Waals surface area contributed by atoms with Gasteiger partial charge in [0, 0.05) is 22.5 Å². The predicted octanol–water partition coefficient (Wildman–Crippen LogP) is 3.98. The van der Waals surface area contributed by atoms with E-state index in [2.05, 4.69) is 26.6 Å². The zero-order valence-electron chi connectivity index (χ0n) is 11.9. The Morgan fingerprint density at radius 2 is 1.95 bits per heavy atom. The van der Waals surface area contributed by atoms with Crippen molar-refractivity contribution in [2.24, 2.45) is 0 Å². The average Bonchev–Trinajstić information content (AvgIpc) is 2.44. The van der Waals surface area contributed by atoms with E-state index in [1.165, 1.54) is 6.42 Å². The first-order valence-electron chi connectivity index (χ1n) is 7.09. The van der Waals surface area contributed by atoms with E-state index in [0.717, 1.165) is 37.8 Å². The predicted molar refractivity (Wildman–Crippen MR) is 82.2 cm³/mol. The molecule has 2 N–H and O–H groups in total. The molecule has 1 aromatic carbocycles. The van der Waals surface area contributed by atoms with Gasteiger partial charge in [-0.1, -0.05) is 19.3 Å². The maximum Gasteiger partial charge on any atom is 0.226 e. The van der Waals surface area contributed by atoms with Gasteiger partial charge in [0.15, 0.2) is 5.82 Å². The number of anilines is 1. The highest BCUT2D eigenvalue weighted by atomic mass is 79.9. The molecule has 1 amide bonds. The molecule has 0 aromatic heterocycles. The van der Waals surface area contributed by atoms with Crippen molar-refractivity contribution < 1.29 is 13.6 Å². The third-order valence-corrected chi connectivity index (χ3v) is 4.74. The van der Waals surface area contributed by atoms with Crippen LogP contribution in [0.1, 0.15) is 38.5 Å². The molecule has 3 nitrogen and oxygen atoms in total. The number of rotatable bonds is 4. The lowest BCUT2D eigenvalue weighted by atomic mass is 9.79. The van der Waals surface area contributed by atoms with Gasteiger partial charge in [-0.05, 0) is 41.9 Å². The Labute approximate surface area is 131 Å². The van der Waals surface area contributed by atoms with Gasteiger partial charge in [-0.15, -0.1) is 0 Å². The Balaban J connectivity index is 2.08. The van der Waals surface area contributed by atoms with Crippen molar-refractivity contribution in [2.45, 2.75) is 44.1 Å². The molecular weight excluding hydrogens is 342 g/mol. The van der Waals surface area contributed by atoms with E-state index in [9.17, 15) is 13.6 Å². The third-order valence-electron chi connectivity index (χ3n) is 4.11. The van der Waals surface area contributed by atoms with E-state index in [0.29, 0.717) is 0 Å². The van der Waals surface area contributed by atoms with Crippen LogP contribution in [0.25, 0.3) is 0 Å². The molecule has 0 bridgehead atoms. The van der Waals surface area contributed by atoms with Gasteiger partial charge in [0.25, 0.3) is 0 Å². The van der Waals surface area contributed by atoms with Crippen LogP contribution in [0.15, 0.2) is 16.6 Å². The fourth-order valence-electron chi connectivity index (χ4n) is 2.90. The summed E-state index contributed by atoms with van der Waals surface area (Å²) in [7, 11) is 1.85. The van der Waals surface area contributed by atoms with Crippen molar-refractivity contribution >= 4 is 27.5 Å². The van der Waals surface area contributed by atoms with Crippen LogP contribution in [-0.4, -0.2) is 18.5 Å². The van der Waals surface area contributed by atoms with Crippen LogP contribution in [-0.2, 0) is 4.79 Å². The molecule has 1 saturated carbocycles. The van der Waals surface area contributed by atoms with E-state index >= 15 is 0 Å². The van der Waals surface area contributed by atoms with Crippen molar-refractivity contribution in [1.29, 1.82) is 0 Å². The summed E-state index contributed by atoms with van der Waals surface area (Å²) >= 11 is 3.07. The van der Waals surface area contributed by atoms with Crippen molar-refractivity contribution in [3.63, 3.8) is 0 Å². The SMILES string of the molecule is CNC1(CC(=O)Nc2c(F)cc(F)cc2Br)CCCCC1. The normalized spacial score (nSPS) is 17.5. The molecule has 116 valence electrons. The summed E-state index contributed by atoms with van der Waals surface area (Å²) in [5.74, 6) is -1.73. The van der Waals surface area contributed by atoms with Gasteiger partial charge >= 0.3 is 0 Å². The van der Waals surface area contributed by atoms with Gasteiger partial charge in [-0.3, -0.25) is 4.79 Å². The molecule has 1 aliphatic rings. The highest BCUT2D eigenvalue weighted by Crippen LogP contribution is 2.32. The first kappa shape index (κ1) is 16.4. The van der Waals surface area contributed by atoms with Crippen molar-refractivity contribution in [3.05, 3.63) is 28.2 Å². The molecule has 1 aromatic rings. The number of carbonyl (C=O) groups is 1. The molecule has 21 heavy (non-hydrogen) atoms. The van der Waals surface area contributed by atoms with Crippen molar-refractivity contribution in [1.82, 2.24) is 5.32 Å². The lowest BCUT2D eigenvalue weighted by Crippen LogP contribution is -2.47. The molecule has 0 atom stereocenters. The minimum Gasteiger partial charge on any atom is -0.323 e. The number of carbonyl (C=O) groups excluding carboxylic acids is 1. The maximum atomic E-state index is 13.7. The molecule has 0 unspecified atom stereocenters. The first-order valence-corrected chi connectivity index (χ1v) is 7.88. The van der Waals surface area contributed by atoms with Gasteiger partial charge < -0.3 is 10.6 Å². The zero-order chi connectivity index (χ0) is 15.5. The summed E-state index contributed by atoms with van der Waals surface area (Å²) in [6, 6.07) is 1.89. The molecule has 0 heterocycles. The van der Waals surface area contributed by atoms with Crippen LogP contribution in [0.4, 0.5) is 14.5 Å². The van der Waals surface area contributed by atoms with E-state index in [4.69, 9.17) is 0 Å². The van der Waals surface area contributed by atoms with Crippen LogP contribution in [0, 0.1) is 11.6 Å². The average molecular weight is 361 g/mol. The van der Waals surface area contributed by atoms with Gasteiger partial charge in [0.2, 0.25) is 5.91 Å². The monoisotopic (exact) mass is 360 g/mol. The summed E-state index contributed by atoms with van der Waals surface area (Å²) in [6.07, 6.45) is 5.51. The number of hydrogen-bond acceptors (Lipinski definition) is 2. The Morgan fingerprint density at radius 3 is 2.52 bits per heavy atom. The Bertz CT molecular complexity index is 507. The molecular formula is C15H19BrF2N2O. The van der Waals surface area contributed by atoms with Gasteiger partial charge in [-0.2, -0.15) is 0 Å². The van der Waals surface area contributed by atoms with Crippen molar-refractivity contribution in [2.75, 3.05) is 12.4 Å². The van der Waals surface area contributed by atoms with E-state index in [1.54, 1.807) is 0 Å². The van der Waals surface area contributed by atoms with Crippen molar-refractivity contribution in [3.8, 4) is 0 Å². The molecule has 0 aliphatic heterocycles. The Hall–Kier alpha value is -1.01. The minimum absolute atomic E-state index is 0.0107. The van der Waals surface area contributed by atoms with Gasteiger partial charge in [0.1, 0.15) is 5.82 Å². The van der Waals surface area contributed by atoms with Crippen LogP contribution in [0.5, 0.6) is 0 Å². The largest absolute Gasteiger partial charge is 0.323 e. The van der Waals surface area contributed by atoms with E-state index < -0.39 is 11.6 Å². The Morgan fingerprint density at radius 1 is 1.29 bits per heavy atom. The summed E-state index contributed by atoms with van der Waals surface area (Å²) < 4.78 is 27.0. The molecule has 0 radical (unpaired) electrons. The van der Waals surface area contributed by atoms with E-state index in [-0.39, 0.29) is 28.0 Å². The highest BCUT2D eigenvalue weighted by molar-refractivity contribution is 9.10. The summed E-state index contributed by atoms with van der Waals surface area (Å²) in [5.41, 5.74) is -0.228. The fraction of sp³-hybridized carbons (Fsp3) is 0.533. The molecule has 0 spiro atoms. The van der Waals surface area contributed by atoms with Gasteiger partial charge in [0.05, 0.1) is 5.69 Å². The molecule has 0 saturated heterocycles. The Kier molecular flexibility index (Phi) is 5.32.